The van der Waals surface area contributed by atoms with Crippen molar-refractivity contribution in [2.75, 3.05) is 6.61 Å². The smallest absolute Gasteiger partial charge is 0.266 e. The van der Waals surface area contributed by atoms with Crippen LogP contribution in [-0.2, 0) is 0 Å². The zero-order valence-corrected chi connectivity index (χ0v) is 15.5. The normalized spacial score (nSPS) is 20.3. The van der Waals surface area contributed by atoms with Crippen LogP contribution >= 0.6 is 0 Å². The van der Waals surface area contributed by atoms with Gasteiger partial charge in [-0.25, -0.2) is 0 Å². The van der Waals surface area contributed by atoms with Gasteiger partial charge >= 0.3 is 0 Å². The zero-order chi connectivity index (χ0) is 17.9. The molecule has 0 amide bonds. The minimum absolute atomic E-state index is 0.0567. The Hall–Kier alpha value is -1.38. The second-order valence-corrected chi connectivity index (χ2v) is 7.25. The van der Waals surface area contributed by atoms with Crippen molar-refractivity contribution >= 4 is 0 Å². The first kappa shape index (κ1) is 19.9. The van der Waals surface area contributed by atoms with Crippen LogP contribution in [0.25, 0.3) is 0 Å². The SMILES string of the molecule is CCCCCCCCOc1ccc(C2CCC(C=C(F)F)CC2)cc1. The monoisotopic (exact) mass is 350 g/mol. The van der Waals surface area contributed by atoms with Crippen LogP contribution in [0.15, 0.2) is 36.4 Å². The summed E-state index contributed by atoms with van der Waals surface area (Å²) >= 11 is 0. The third-order valence-electron chi connectivity index (χ3n) is 5.25. The maximum absolute atomic E-state index is 12.3. The fourth-order valence-corrected chi connectivity index (χ4v) is 3.71. The highest BCUT2D eigenvalue weighted by Gasteiger charge is 2.21. The molecule has 3 heteroatoms. The Kier molecular flexibility index (Phi) is 8.99. The van der Waals surface area contributed by atoms with E-state index < -0.39 is 6.08 Å². The van der Waals surface area contributed by atoms with E-state index in [1.807, 2.05) is 0 Å². The van der Waals surface area contributed by atoms with Crippen LogP contribution in [-0.4, -0.2) is 6.61 Å². The highest BCUT2D eigenvalue weighted by atomic mass is 19.3. The Morgan fingerprint density at radius 3 is 2.24 bits per heavy atom. The lowest BCUT2D eigenvalue weighted by molar-refractivity contribution is 0.304. The molecule has 1 aliphatic rings. The molecule has 1 aliphatic carbocycles. The molecular weight excluding hydrogens is 318 g/mol. The number of ether oxygens (including phenoxy) is 1. The van der Waals surface area contributed by atoms with E-state index in [4.69, 9.17) is 4.74 Å². The molecule has 0 saturated heterocycles. The lowest BCUT2D eigenvalue weighted by atomic mass is 9.79. The van der Waals surface area contributed by atoms with Gasteiger partial charge in [0, 0.05) is 0 Å². The third-order valence-corrected chi connectivity index (χ3v) is 5.25. The average Bonchev–Trinajstić information content (AvgIpc) is 2.62. The quantitative estimate of drug-likeness (QED) is 0.397. The van der Waals surface area contributed by atoms with Gasteiger partial charge in [-0.3, -0.25) is 0 Å². The number of halogens is 2. The van der Waals surface area contributed by atoms with Crippen LogP contribution in [0.2, 0.25) is 0 Å². The molecule has 0 heterocycles. The summed E-state index contributed by atoms with van der Waals surface area (Å²) in [6, 6.07) is 8.40. The van der Waals surface area contributed by atoms with Gasteiger partial charge in [-0.1, -0.05) is 51.2 Å². The predicted molar refractivity (Wildman–Crippen MR) is 100 cm³/mol. The van der Waals surface area contributed by atoms with Crippen molar-refractivity contribution in [2.24, 2.45) is 5.92 Å². The summed E-state index contributed by atoms with van der Waals surface area (Å²) < 4.78 is 30.5. The van der Waals surface area contributed by atoms with Crippen LogP contribution in [0.5, 0.6) is 5.75 Å². The van der Waals surface area contributed by atoms with Crippen molar-refractivity contribution in [2.45, 2.75) is 77.0 Å². The van der Waals surface area contributed by atoms with E-state index in [-0.39, 0.29) is 5.92 Å². The van der Waals surface area contributed by atoms with E-state index >= 15 is 0 Å². The Morgan fingerprint density at radius 2 is 1.60 bits per heavy atom. The lowest BCUT2D eigenvalue weighted by Gasteiger charge is -2.26. The number of allylic oxidation sites excluding steroid dienone is 1. The van der Waals surface area contributed by atoms with Crippen LogP contribution in [0, 0.1) is 5.92 Å². The molecule has 1 saturated carbocycles. The summed E-state index contributed by atoms with van der Waals surface area (Å²) in [5, 5.41) is 0. The Balaban J connectivity index is 1.67. The molecular formula is C22H32F2O. The molecule has 0 aliphatic heterocycles. The Labute approximate surface area is 151 Å². The largest absolute Gasteiger partial charge is 0.494 e. The molecule has 0 aromatic heterocycles. The van der Waals surface area contributed by atoms with E-state index in [0.29, 0.717) is 5.92 Å². The number of hydrogen-bond donors (Lipinski definition) is 0. The van der Waals surface area contributed by atoms with Crippen LogP contribution in [0.4, 0.5) is 8.78 Å². The van der Waals surface area contributed by atoms with Crippen molar-refractivity contribution in [1.29, 1.82) is 0 Å². The first-order valence-corrected chi connectivity index (χ1v) is 9.94. The number of benzene rings is 1. The Morgan fingerprint density at radius 1 is 0.960 bits per heavy atom. The molecule has 1 aromatic carbocycles. The molecule has 25 heavy (non-hydrogen) atoms. The second-order valence-electron chi connectivity index (χ2n) is 7.25. The highest BCUT2D eigenvalue weighted by Crippen LogP contribution is 2.37. The van der Waals surface area contributed by atoms with Gasteiger partial charge < -0.3 is 4.74 Å². The van der Waals surface area contributed by atoms with Crippen molar-refractivity contribution in [3.63, 3.8) is 0 Å². The fraction of sp³-hybridized carbons (Fsp3) is 0.636. The fourth-order valence-electron chi connectivity index (χ4n) is 3.71. The number of hydrogen-bond acceptors (Lipinski definition) is 1. The lowest BCUT2D eigenvalue weighted by Crippen LogP contribution is -2.11. The first-order chi connectivity index (χ1) is 12.2. The molecule has 1 nitrogen and oxygen atoms in total. The number of rotatable bonds is 10. The topological polar surface area (TPSA) is 9.23 Å². The standard InChI is InChI=1S/C22H32F2O/c1-2-3-4-5-6-7-16-25-21-14-12-20(13-15-21)19-10-8-18(9-11-19)17-22(23)24/h12-15,17-19H,2-11,16H2,1H3. The van der Waals surface area contributed by atoms with E-state index in [1.165, 1.54) is 37.7 Å². The van der Waals surface area contributed by atoms with Gasteiger partial charge in [-0.15, -0.1) is 0 Å². The summed E-state index contributed by atoms with van der Waals surface area (Å²) in [4.78, 5) is 0. The van der Waals surface area contributed by atoms with E-state index in [9.17, 15) is 8.78 Å². The van der Waals surface area contributed by atoms with E-state index in [0.717, 1.165) is 50.5 Å². The molecule has 1 fully saturated rings. The molecule has 0 radical (unpaired) electrons. The minimum atomic E-state index is -1.53. The van der Waals surface area contributed by atoms with Gasteiger partial charge in [-0.05, 0) is 67.7 Å². The van der Waals surface area contributed by atoms with Crippen LogP contribution in [0.3, 0.4) is 0 Å². The van der Waals surface area contributed by atoms with Crippen LogP contribution < -0.4 is 4.74 Å². The van der Waals surface area contributed by atoms with Gasteiger partial charge in [0.25, 0.3) is 6.08 Å². The summed E-state index contributed by atoms with van der Waals surface area (Å²) in [6.45, 7) is 3.02. The highest BCUT2D eigenvalue weighted by molar-refractivity contribution is 5.29. The third kappa shape index (κ3) is 7.58. The molecule has 1 aromatic rings. The van der Waals surface area contributed by atoms with Gasteiger partial charge in [0.05, 0.1) is 6.61 Å². The van der Waals surface area contributed by atoms with Gasteiger partial charge in [0.15, 0.2) is 0 Å². The van der Waals surface area contributed by atoms with E-state index in [1.54, 1.807) is 0 Å². The molecule has 2 rings (SSSR count). The maximum atomic E-state index is 12.3. The van der Waals surface area contributed by atoms with Gasteiger partial charge in [-0.2, -0.15) is 8.78 Å². The van der Waals surface area contributed by atoms with Crippen molar-refractivity contribution in [3.05, 3.63) is 42.0 Å². The maximum Gasteiger partial charge on any atom is 0.266 e. The summed E-state index contributed by atoms with van der Waals surface area (Å²) in [5.74, 6) is 1.49. The first-order valence-electron chi connectivity index (χ1n) is 9.94. The molecule has 140 valence electrons. The molecule has 0 unspecified atom stereocenters. The summed E-state index contributed by atoms with van der Waals surface area (Å²) in [7, 11) is 0. The average molecular weight is 350 g/mol. The van der Waals surface area contributed by atoms with Gasteiger partial charge in [0.2, 0.25) is 0 Å². The van der Waals surface area contributed by atoms with Crippen molar-refractivity contribution in [1.82, 2.24) is 0 Å². The molecule has 0 N–H and O–H groups in total. The molecule has 0 atom stereocenters. The van der Waals surface area contributed by atoms with Crippen LogP contribution in [0.1, 0.15) is 82.6 Å². The van der Waals surface area contributed by atoms with Crippen molar-refractivity contribution < 1.29 is 13.5 Å². The summed E-state index contributed by atoms with van der Waals surface area (Å²) in [6.07, 6.45) is 10.9. The predicted octanol–water partition coefficient (Wildman–Crippen LogP) is 7.48. The Bertz CT molecular complexity index is 497. The van der Waals surface area contributed by atoms with E-state index in [2.05, 4.69) is 31.2 Å². The van der Waals surface area contributed by atoms with Gasteiger partial charge in [0.1, 0.15) is 5.75 Å². The number of unbranched alkanes of at least 4 members (excludes halogenated alkanes) is 5. The minimum Gasteiger partial charge on any atom is -0.494 e. The second kappa shape index (κ2) is 11.3. The zero-order valence-electron chi connectivity index (χ0n) is 15.5. The van der Waals surface area contributed by atoms with Crippen molar-refractivity contribution in [3.8, 4) is 5.75 Å². The molecule has 0 spiro atoms. The molecule has 0 bridgehead atoms. The summed E-state index contributed by atoms with van der Waals surface area (Å²) in [5.41, 5.74) is 1.31.